The predicted molar refractivity (Wildman–Crippen MR) is 103 cm³/mol. The van der Waals surface area contributed by atoms with Crippen LogP contribution in [-0.4, -0.2) is 11.7 Å². The summed E-state index contributed by atoms with van der Waals surface area (Å²) in [7, 11) is -3.16. The zero-order valence-corrected chi connectivity index (χ0v) is 16.6. The first kappa shape index (κ1) is 19.9. The molecular weight excluding hydrogens is 407 g/mol. The standard InChI is InChI=1S/C18H29IO2S/c1-2-3-4-5-6-7-8-9-13-16-18(19)22(20,21)17-14-11-10-12-15-17/h10-12,14-15,18H,2-9,13,16H2,1H3. The molecule has 0 radical (unpaired) electrons. The van der Waals surface area contributed by atoms with Gasteiger partial charge in [0.2, 0.25) is 0 Å². The lowest BCUT2D eigenvalue weighted by Crippen LogP contribution is -2.14. The van der Waals surface area contributed by atoms with Gasteiger partial charge in [0, 0.05) is 0 Å². The van der Waals surface area contributed by atoms with Crippen LogP contribution in [0.1, 0.15) is 71.1 Å². The molecule has 2 nitrogen and oxygen atoms in total. The fraction of sp³-hybridized carbons (Fsp3) is 0.667. The molecule has 0 heterocycles. The molecular formula is C18H29IO2S. The fourth-order valence-corrected chi connectivity index (χ4v) is 5.16. The Labute approximate surface area is 150 Å². The monoisotopic (exact) mass is 436 g/mol. The van der Waals surface area contributed by atoms with Gasteiger partial charge in [-0.1, -0.05) is 106 Å². The minimum absolute atomic E-state index is 0.308. The largest absolute Gasteiger partial charge is 0.223 e. The van der Waals surface area contributed by atoms with E-state index >= 15 is 0 Å². The fourth-order valence-electron chi connectivity index (χ4n) is 2.53. The van der Waals surface area contributed by atoms with Crippen LogP contribution < -0.4 is 0 Å². The van der Waals surface area contributed by atoms with Crippen molar-refractivity contribution in [3.05, 3.63) is 30.3 Å². The molecule has 1 atom stereocenters. The molecule has 1 unspecified atom stereocenters. The van der Waals surface area contributed by atoms with Crippen LogP contribution in [-0.2, 0) is 9.84 Å². The molecule has 0 aromatic heterocycles. The average molecular weight is 436 g/mol. The molecule has 0 amide bonds. The number of sulfone groups is 1. The summed E-state index contributed by atoms with van der Waals surface area (Å²) in [5.74, 6) is 0. The van der Waals surface area contributed by atoms with Crippen molar-refractivity contribution in [2.45, 2.75) is 79.3 Å². The maximum atomic E-state index is 12.4. The summed E-state index contributed by atoms with van der Waals surface area (Å²) in [5, 5.41) is 0. The minimum atomic E-state index is -3.16. The summed E-state index contributed by atoms with van der Waals surface area (Å²) >= 11 is 2.08. The van der Waals surface area contributed by atoms with Crippen molar-refractivity contribution < 1.29 is 8.42 Å². The average Bonchev–Trinajstić information content (AvgIpc) is 2.54. The zero-order chi connectivity index (χ0) is 16.3. The Hall–Kier alpha value is -0.1000. The van der Waals surface area contributed by atoms with Crippen molar-refractivity contribution in [1.82, 2.24) is 0 Å². The van der Waals surface area contributed by atoms with Gasteiger partial charge in [0.05, 0.1) is 4.90 Å². The molecule has 0 spiro atoms. The van der Waals surface area contributed by atoms with E-state index in [-0.39, 0.29) is 3.26 Å². The molecule has 1 rings (SSSR count). The highest BCUT2D eigenvalue weighted by atomic mass is 127. The Bertz CT molecular complexity index is 485. The maximum absolute atomic E-state index is 12.4. The van der Waals surface area contributed by atoms with Gasteiger partial charge in [-0.05, 0) is 18.6 Å². The van der Waals surface area contributed by atoms with Crippen molar-refractivity contribution >= 4 is 32.4 Å². The van der Waals surface area contributed by atoms with Crippen molar-refractivity contribution in [2.75, 3.05) is 0 Å². The van der Waals surface area contributed by atoms with Gasteiger partial charge in [-0.25, -0.2) is 8.42 Å². The Kier molecular flexibility index (Phi) is 10.4. The molecule has 0 bridgehead atoms. The van der Waals surface area contributed by atoms with Crippen molar-refractivity contribution in [3.63, 3.8) is 0 Å². The van der Waals surface area contributed by atoms with Gasteiger partial charge < -0.3 is 0 Å². The van der Waals surface area contributed by atoms with Crippen LogP contribution in [0.3, 0.4) is 0 Å². The van der Waals surface area contributed by atoms with Gasteiger partial charge in [0.15, 0.2) is 9.84 Å². The van der Waals surface area contributed by atoms with Gasteiger partial charge in [-0.3, -0.25) is 0 Å². The second-order valence-electron chi connectivity index (χ2n) is 5.89. The van der Waals surface area contributed by atoms with Crippen LogP contribution in [0.15, 0.2) is 35.2 Å². The lowest BCUT2D eigenvalue weighted by atomic mass is 10.1. The third-order valence-corrected chi connectivity index (χ3v) is 8.41. The van der Waals surface area contributed by atoms with E-state index < -0.39 is 9.84 Å². The van der Waals surface area contributed by atoms with Crippen LogP contribution in [0.5, 0.6) is 0 Å². The SMILES string of the molecule is CCCCCCCCCCCC(I)S(=O)(=O)c1ccccc1. The molecule has 0 saturated carbocycles. The molecule has 0 aliphatic carbocycles. The number of hydrogen-bond acceptors (Lipinski definition) is 2. The summed E-state index contributed by atoms with van der Waals surface area (Å²) in [6.07, 6.45) is 12.1. The highest BCUT2D eigenvalue weighted by Gasteiger charge is 2.23. The summed E-state index contributed by atoms with van der Waals surface area (Å²) in [5.41, 5.74) is 0. The van der Waals surface area contributed by atoms with E-state index in [2.05, 4.69) is 29.5 Å². The van der Waals surface area contributed by atoms with Crippen LogP contribution in [0.4, 0.5) is 0 Å². The van der Waals surface area contributed by atoms with Crippen LogP contribution in [0.2, 0.25) is 0 Å². The van der Waals surface area contributed by atoms with Crippen molar-refractivity contribution in [2.24, 2.45) is 0 Å². The summed E-state index contributed by atoms with van der Waals surface area (Å²) in [4.78, 5) is 0.449. The summed E-state index contributed by atoms with van der Waals surface area (Å²) in [6, 6.07) is 8.81. The van der Waals surface area contributed by atoms with E-state index in [0.29, 0.717) is 4.90 Å². The van der Waals surface area contributed by atoms with Gasteiger partial charge in [-0.15, -0.1) is 0 Å². The maximum Gasteiger partial charge on any atom is 0.190 e. The summed E-state index contributed by atoms with van der Waals surface area (Å²) in [6.45, 7) is 2.24. The number of rotatable bonds is 12. The Balaban J connectivity index is 2.17. The molecule has 1 aromatic rings. The van der Waals surface area contributed by atoms with E-state index in [0.717, 1.165) is 19.3 Å². The third kappa shape index (κ3) is 7.44. The first-order chi connectivity index (χ1) is 10.6. The van der Waals surface area contributed by atoms with E-state index in [1.165, 1.54) is 44.9 Å². The second-order valence-corrected chi connectivity index (χ2v) is 10.4. The molecule has 0 fully saturated rings. The number of hydrogen-bond donors (Lipinski definition) is 0. The third-order valence-electron chi connectivity index (χ3n) is 3.94. The Morgan fingerprint density at radius 3 is 1.91 bits per heavy atom. The number of halogens is 1. The van der Waals surface area contributed by atoms with Crippen molar-refractivity contribution in [1.29, 1.82) is 0 Å². The second kappa shape index (κ2) is 11.4. The molecule has 22 heavy (non-hydrogen) atoms. The van der Waals surface area contributed by atoms with E-state index in [4.69, 9.17) is 0 Å². The molecule has 0 aliphatic heterocycles. The van der Waals surface area contributed by atoms with Gasteiger partial charge in [0.1, 0.15) is 3.26 Å². The van der Waals surface area contributed by atoms with Gasteiger partial charge in [0.25, 0.3) is 0 Å². The normalized spacial score (nSPS) is 13.2. The highest BCUT2D eigenvalue weighted by Crippen LogP contribution is 2.25. The van der Waals surface area contributed by atoms with Crippen molar-refractivity contribution in [3.8, 4) is 0 Å². The molecule has 4 heteroatoms. The zero-order valence-electron chi connectivity index (χ0n) is 13.6. The minimum Gasteiger partial charge on any atom is -0.223 e. The first-order valence-corrected chi connectivity index (χ1v) is 11.3. The van der Waals surface area contributed by atoms with E-state index in [1.807, 2.05) is 6.07 Å². The van der Waals surface area contributed by atoms with Crippen LogP contribution >= 0.6 is 22.6 Å². The lowest BCUT2D eigenvalue weighted by molar-refractivity contribution is 0.556. The Morgan fingerprint density at radius 2 is 1.36 bits per heavy atom. The van der Waals surface area contributed by atoms with E-state index in [9.17, 15) is 8.42 Å². The smallest absolute Gasteiger partial charge is 0.190 e. The lowest BCUT2D eigenvalue weighted by Gasteiger charge is -2.11. The quantitative estimate of drug-likeness (QED) is 0.224. The molecule has 126 valence electrons. The van der Waals surface area contributed by atoms with E-state index in [1.54, 1.807) is 24.3 Å². The van der Waals surface area contributed by atoms with Crippen LogP contribution in [0, 0.1) is 0 Å². The topological polar surface area (TPSA) is 34.1 Å². The molecule has 0 saturated heterocycles. The highest BCUT2D eigenvalue weighted by molar-refractivity contribution is 14.1. The molecule has 1 aromatic carbocycles. The number of alkyl halides is 1. The Morgan fingerprint density at radius 1 is 0.864 bits per heavy atom. The first-order valence-electron chi connectivity index (χ1n) is 8.52. The van der Waals surface area contributed by atoms with Gasteiger partial charge >= 0.3 is 0 Å². The number of unbranched alkanes of at least 4 members (excludes halogenated alkanes) is 8. The molecule has 0 N–H and O–H groups in total. The number of benzene rings is 1. The van der Waals surface area contributed by atoms with Gasteiger partial charge in [-0.2, -0.15) is 0 Å². The molecule has 0 aliphatic rings. The summed E-state index contributed by atoms with van der Waals surface area (Å²) < 4.78 is 24.5. The predicted octanol–water partition coefficient (Wildman–Crippen LogP) is 6.14. The van der Waals surface area contributed by atoms with Crippen LogP contribution in [0.25, 0.3) is 0 Å².